The van der Waals surface area contributed by atoms with Crippen LogP contribution in [0.2, 0.25) is 0 Å². The maximum absolute atomic E-state index is 12.1. The van der Waals surface area contributed by atoms with Gasteiger partial charge in [-0.15, -0.1) is 0 Å². The van der Waals surface area contributed by atoms with Crippen LogP contribution in [0.25, 0.3) is 0 Å². The largest absolute Gasteiger partial charge is 0.493 e. The van der Waals surface area contributed by atoms with Crippen LogP contribution in [0.1, 0.15) is 33.3 Å². The summed E-state index contributed by atoms with van der Waals surface area (Å²) in [7, 11) is -2.22. The third-order valence-corrected chi connectivity index (χ3v) is 4.50. The van der Waals surface area contributed by atoms with Gasteiger partial charge in [0.05, 0.1) is 12.9 Å². The normalized spacial score (nSPS) is 11.2. The molecule has 1 aromatic carbocycles. The maximum Gasteiger partial charge on any atom is 0.317 e. The van der Waals surface area contributed by atoms with Gasteiger partial charge in [-0.2, -0.15) is 8.42 Å². The molecule has 1 rings (SSSR count). The molecule has 2 amide bonds. The van der Waals surface area contributed by atoms with Crippen molar-refractivity contribution in [3.63, 3.8) is 0 Å². The minimum atomic E-state index is -3.66. The van der Waals surface area contributed by atoms with E-state index in [1.165, 1.54) is 14.0 Å². The first kappa shape index (κ1) is 20.1. The second-order valence-electron chi connectivity index (χ2n) is 5.47. The Kier molecular flexibility index (Phi) is 7.34. The van der Waals surface area contributed by atoms with E-state index in [0.717, 1.165) is 5.56 Å². The highest BCUT2D eigenvalue weighted by molar-refractivity contribution is 7.87. The highest BCUT2D eigenvalue weighted by Gasteiger charge is 2.19. The van der Waals surface area contributed by atoms with E-state index < -0.39 is 10.1 Å². The first-order chi connectivity index (χ1) is 11.2. The lowest BCUT2D eigenvalue weighted by Crippen LogP contribution is -2.43. The minimum Gasteiger partial charge on any atom is -0.493 e. The number of urea groups is 1. The smallest absolute Gasteiger partial charge is 0.317 e. The highest BCUT2D eigenvalue weighted by Crippen LogP contribution is 2.30. The van der Waals surface area contributed by atoms with Crippen molar-refractivity contribution in [2.75, 3.05) is 19.4 Å². The Labute approximate surface area is 144 Å². The number of amides is 2. The molecule has 0 aliphatic rings. The molecule has 0 spiro atoms. The summed E-state index contributed by atoms with van der Waals surface area (Å²) in [5.41, 5.74) is 0.747. The number of ether oxygens (including phenoxy) is 1. The molecule has 8 heteroatoms. The van der Waals surface area contributed by atoms with Crippen LogP contribution in [-0.4, -0.2) is 44.8 Å². The molecule has 7 nitrogen and oxygen atoms in total. The van der Waals surface area contributed by atoms with E-state index in [4.69, 9.17) is 8.92 Å². The summed E-state index contributed by atoms with van der Waals surface area (Å²) in [5, 5.41) is 2.77. The second-order valence-corrected chi connectivity index (χ2v) is 7.33. The lowest BCUT2D eigenvalue weighted by Gasteiger charge is -2.27. The van der Waals surface area contributed by atoms with E-state index in [0.29, 0.717) is 18.8 Å². The Bertz CT molecular complexity index is 658. The van der Waals surface area contributed by atoms with Gasteiger partial charge >= 0.3 is 16.1 Å². The lowest BCUT2D eigenvalue weighted by molar-refractivity contribution is 0.180. The molecule has 0 atom stereocenters. The summed E-state index contributed by atoms with van der Waals surface area (Å²) in [6, 6.07) is 4.81. The van der Waals surface area contributed by atoms with Crippen LogP contribution >= 0.6 is 0 Å². The van der Waals surface area contributed by atoms with Gasteiger partial charge in [-0.25, -0.2) is 4.79 Å². The number of hydrogen-bond acceptors (Lipinski definition) is 5. The summed E-state index contributed by atoms with van der Waals surface area (Å²) >= 11 is 0. The van der Waals surface area contributed by atoms with Crippen LogP contribution in [-0.2, 0) is 16.7 Å². The molecular formula is C16H26N2O5S. The Morgan fingerprint density at radius 3 is 2.42 bits per heavy atom. The molecule has 0 saturated carbocycles. The molecule has 0 aliphatic carbocycles. The number of hydrogen-bond donors (Lipinski definition) is 1. The van der Waals surface area contributed by atoms with Gasteiger partial charge in [-0.1, -0.05) is 6.07 Å². The quantitative estimate of drug-likeness (QED) is 0.721. The minimum absolute atomic E-state index is 0.0117. The van der Waals surface area contributed by atoms with Gasteiger partial charge < -0.3 is 19.1 Å². The van der Waals surface area contributed by atoms with E-state index in [2.05, 4.69) is 5.32 Å². The van der Waals surface area contributed by atoms with Crippen molar-refractivity contribution >= 4 is 16.1 Å². The van der Waals surface area contributed by atoms with E-state index in [-0.39, 0.29) is 23.6 Å². The van der Waals surface area contributed by atoms with E-state index in [9.17, 15) is 13.2 Å². The van der Waals surface area contributed by atoms with Crippen molar-refractivity contribution in [2.45, 2.75) is 40.3 Å². The summed E-state index contributed by atoms with van der Waals surface area (Å²) in [6.07, 6.45) is 0. The second kappa shape index (κ2) is 8.77. The molecule has 24 heavy (non-hydrogen) atoms. The summed E-state index contributed by atoms with van der Waals surface area (Å²) in [4.78, 5) is 13.8. The standard InChI is InChI=1S/C16H26N2O5S/c1-6-17-16(19)18(12(3)4)11-13-8-9-14(22-5)15(10-13)23-24(20,21)7-2/h8-10,12H,6-7,11H2,1-5H3,(H,17,19). The van der Waals surface area contributed by atoms with E-state index in [1.807, 2.05) is 20.8 Å². The fourth-order valence-corrected chi connectivity index (χ4v) is 2.54. The average Bonchev–Trinajstić information content (AvgIpc) is 2.52. The third-order valence-electron chi connectivity index (χ3n) is 3.36. The van der Waals surface area contributed by atoms with Crippen LogP contribution in [0.4, 0.5) is 4.79 Å². The molecule has 136 valence electrons. The van der Waals surface area contributed by atoms with E-state index >= 15 is 0 Å². The van der Waals surface area contributed by atoms with Crippen LogP contribution in [0.5, 0.6) is 11.5 Å². The molecule has 0 fully saturated rings. The van der Waals surface area contributed by atoms with Crippen molar-refractivity contribution < 1.29 is 22.1 Å². The SMILES string of the molecule is CCNC(=O)N(Cc1ccc(OC)c(OS(=O)(=O)CC)c1)C(C)C. The predicted molar refractivity (Wildman–Crippen MR) is 92.8 cm³/mol. The van der Waals surface area contributed by atoms with Gasteiger partial charge in [0, 0.05) is 19.1 Å². The van der Waals surface area contributed by atoms with Gasteiger partial charge in [0.2, 0.25) is 0 Å². The van der Waals surface area contributed by atoms with Gasteiger partial charge in [0.25, 0.3) is 0 Å². The lowest BCUT2D eigenvalue weighted by atomic mass is 10.1. The topological polar surface area (TPSA) is 84.9 Å². The van der Waals surface area contributed by atoms with Crippen LogP contribution in [0.15, 0.2) is 18.2 Å². The highest BCUT2D eigenvalue weighted by atomic mass is 32.2. The molecular weight excluding hydrogens is 332 g/mol. The molecule has 1 N–H and O–H groups in total. The number of methoxy groups -OCH3 is 1. The molecule has 0 saturated heterocycles. The van der Waals surface area contributed by atoms with Gasteiger partial charge in [0.15, 0.2) is 11.5 Å². The Morgan fingerprint density at radius 2 is 1.92 bits per heavy atom. The molecule has 0 bridgehead atoms. The zero-order valence-electron chi connectivity index (χ0n) is 14.8. The van der Waals surface area contributed by atoms with Crippen LogP contribution < -0.4 is 14.2 Å². The first-order valence-electron chi connectivity index (χ1n) is 7.87. The predicted octanol–water partition coefficient (Wildman–Crippen LogP) is 2.36. The summed E-state index contributed by atoms with van der Waals surface area (Å²) in [5.74, 6) is 0.304. The van der Waals surface area contributed by atoms with Gasteiger partial charge in [0.1, 0.15) is 0 Å². The number of carbonyl (C=O) groups is 1. The molecule has 0 aromatic heterocycles. The fraction of sp³-hybridized carbons (Fsp3) is 0.562. The summed E-state index contributed by atoms with van der Waals surface area (Å²) < 4.78 is 33.7. The van der Waals surface area contributed by atoms with Crippen molar-refractivity contribution in [1.29, 1.82) is 0 Å². The molecule has 0 unspecified atom stereocenters. The number of nitrogens with zero attached hydrogens (tertiary/aromatic N) is 1. The summed E-state index contributed by atoms with van der Waals surface area (Å²) in [6.45, 7) is 8.05. The fourth-order valence-electron chi connectivity index (χ4n) is 2.02. The van der Waals surface area contributed by atoms with Crippen molar-refractivity contribution in [1.82, 2.24) is 10.2 Å². The first-order valence-corrected chi connectivity index (χ1v) is 9.45. The zero-order chi connectivity index (χ0) is 18.3. The van der Waals surface area contributed by atoms with E-state index in [1.54, 1.807) is 23.1 Å². The van der Waals surface area contributed by atoms with Gasteiger partial charge in [-0.05, 0) is 45.4 Å². The Balaban J connectivity index is 3.09. The molecule has 1 aromatic rings. The molecule has 0 aliphatic heterocycles. The van der Waals surface area contributed by atoms with Crippen LogP contribution in [0, 0.1) is 0 Å². The maximum atomic E-state index is 12.1. The number of carbonyl (C=O) groups excluding carboxylic acids is 1. The molecule has 0 heterocycles. The van der Waals surface area contributed by atoms with Crippen LogP contribution in [0.3, 0.4) is 0 Å². The Hall–Kier alpha value is -1.96. The Morgan fingerprint density at radius 1 is 1.25 bits per heavy atom. The van der Waals surface area contributed by atoms with Crippen molar-refractivity contribution in [3.8, 4) is 11.5 Å². The monoisotopic (exact) mass is 358 g/mol. The number of rotatable bonds is 8. The van der Waals surface area contributed by atoms with Crippen molar-refractivity contribution in [3.05, 3.63) is 23.8 Å². The number of benzene rings is 1. The molecule has 0 radical (unpaired) electrons. The number of nitrogens with one attached hydrogen (secondary N) is 1. The van der Waals surface area contributed by atoms with Crippen molar-refractivity contribution in [2.24, 2.45) is 0 Å². The zero-order valence-corrected chi connectivity index (χ0v) is 15.6. The average molecular weight is 358 g/mol. The third kappa shape index (κ3) is 5.59. The van der Waals surface area contributed by atoms with Gasteiger partial charge in [-0.3, -0.25) is 0 Å².